The summed E-state index contributed by atoms with van der Waals surface area (Å²) in [5, 5.41) is 15.0. The smallest absolute Gasteiger partial charge is 0.407 e. The van der Waals surface area contributed by atoms with Crippen molar-refractivity contribution < 1.29 is 14.6 Å². The second kappa shape index (κ2) is 10.3. The number of piperidine rings is 2. The van der Waals surface area contributed by atoms with Crippen molar-refractivity contribution in [2.45, 2.75) is 37.8 Å². The third-order valence-corrected chi connectivity index (χ3v) is 7.72. The Morgan fingerprint density at radius 2 is 1.53 bits per heavy atom. The van der Waals surface area contributed by atoms with E-state index in [4.69, 9.17) is 15.6 Å². The maximum Gasteiger partial charge on any atom is 0.407 e. The van der Waals surface area contributed by atoms with Crippen molar-refractivity contribution in [1.82, 2.24) is 29.5 Å². The Labute approximate surface area is 220 Å². The zero-order valence-electron chi connectivity index (χ0n) is 21.1. The van der Waals surface area contributed by atoms with Gasteiger partial charge in [0.25, 0.3) is 0 Å². The zero-order chi connectivity index (χ0) is 26.1. The summed E-state index contributed by atoms with van der Waals surface area (Å²) in [6.07, 6.45) is 4.36. The molecule has 6 rings (SSSR count). The lowest BCUT2D eigenvalue weighted by molar-refractivity contribution is 0.0742. The fraction of sp³-hybridized carbons (Fsp3) is 0.357. The van der Waals surface area contributed by atoms with Gasteiger partial charge in [0.05, 0.1) is 11.4 Å². The molecule has 2 aromatic carbocycles. The van der Waals surface area contributed by atoms with E-state index in [2.05, 4.69) is 14.9 Å². The number of para-hydroxylation sites is 1. The molecule has 1 amide bonds. The minimum Gasteiger partial charge on any atom is -0.465 e. The Morgan fingerprint density at radius 1 is 0.868 bits per heavy atom. The molecule has 0 atom stereocenters. The van der Waals surface area contributed by atoms with Crippen LogP contribution in [0.25, 0.3) is 22.3 Å². The minimum atomic E-state index is -0.817. The van der Waals surface area contributed by atoms with Crippen molar-refractivity contribution in [2.75, 3.05) is 31.9 Å². The van der Waals surface area contributed by atoms with Crippen LogP contribution in [0.1, 0.15) is 31.7 Å². The van der Waals surface area contributed by atoms with Gasteiger partial charge in [0.15, 0.2) is 5.65 Å². The number of nitrogens with zero attached hydrogens (tertiary/aromatic N) is 6. The molecule has 38 heavy (non-hydrogen) atoms. The number of ether oxygens (including phenoxy) is 1. The number of carboxylic acid groups (broad SMARTS) is 1. The van der Waals surface area contributed by atoms with Crippen LogP contribution in [0, 0.1) is 0 Å². The fourth-order valence-corrected chi connectivity index (χ4v) is 5.68. The van der Waals surface area contributed by atoms with Gasteiger partial charge in [0.1, 0.15) is 29.3 Å². The molecule has 0 spiro atoms. The van der Waals surface area contributed by atoms with E-state index in [-0.39, 0.29) is 6.04 Å². The van der Waals surface area contributed by atoms with Gasteiger partial charge in [-0.2, -0.15) is 5.10 Å². The van der Waals surface area contributed by atoms with Crippen molar-refractivity contribution in [2.24, 2.45) is 0 Å². The lowest BCUT2D eigenvalue weighted by Crippen LogP contribution is -2.48. The van der Waals surface area contributed by atoms with Crippen LogP contribution >= 0.6 is 0 Å². The highest BCUT2D eigenvalue weighted by molar-refractivity contribution is 5.98. The first kappa shape index (κ1) is 24.2. The molecule has 10 nitrogen and oxygen atoms in total. The summed E-state index contributed by atoms with van der Waals surface area (Å²) in [7, 11) is 0. The van der Waals surface area contributed by atoms with Crippen molar-refractivity contribution in [3.63, 3.8) is 0 Å². The number of carbonyl (C=O) groups is 1. The molecular weight excluding hydrogens is 482 g/mol. The largest absolute Gasteiger partial charge is 0.465 e. The number of hydrogen-bond acceptors (Lipinski definition) is 7. The summed E-state index contributed by atoms with van der Waals surface area (Å²) >= 11 is 0. The third kappa shape index (κ3) is 4.74. The van der Waals surface area contributed by atoms with Crippen LogP contribution in [0.3, 0.4) is 0 Å². The molecule has 2 saturated heterocycles. The summed E-state index contributed by atoms with van der Waals surface area (Å²) in [5.74, 6) is 1.95. The Morgan fingerprint density at radius 3 is 2.21 bits per heavy atom. The normalized spacial score (nSPS) is 17.6. The van der Waals surface area contributed by atoms with Crippen molar-refractivity contribution >= 4 is 22.9 Å². The minimum absolute atomic E-state index is 0.205. The van der Waals surface area contributed by atoms with Gasteiger partial charge in [-0.05, 0) is 62.1 Å². The first-order valence-corrected chi connectivity index (χ1v) is 13.1. The first-order valence-electron chi connectivity index (χ1n) is 13.1. The lowest BCUT2D eigenvalue weighted by Gasteiger charge is -2.41. The van der Waals surface area contributed by atoms with E-state index in [0.717, 1.165) is 72.6 Å². The number of nitrogen functional groups attached to an aromatic ring is 1. The molecule has 2 aromatic heterocycles. The lowest BCUT2D eigenvalue weighted by atomic mass is 9.98. The molecule has 0 bridgehead atoms. The summed E-state index contributed by atoms with van der Waals surface area (Å²) < 4.78 is 7.98. The molecule has 0 unspecified atom stereocenters. The van der Waals surface area contributed by atoms with E-state index >= 15 is 0 Å². The highest BCUT2D eigenvalue weighted by Gasteiger charge is 2.31. The summed E-state index contributed by atoms with van der Waals surface area (Å²) in [4.78, 5) is 24.1. The Balaban J connectivity index is 1.20. The predicted molar refractivity (Wildman–Crippen MR) is 144 cm³/mol. The number of rotatable bonds is 5. The summed E-state index contributed by atoms with van der Waals surface area (Å²) in [6.45, 7) is 3.12. The predicted octanol–water partition coefficient (Wildman–Crippen LogP) is 4.65. The summed E-state index contributed by atoms with van der Waals surface area (Å²) in [5.41, 5.74) is 8.79. The first-order chi connectivity index (χ1) is 18.6. The van der Waals surface area contributed by atoms with E-state index in [1.165, 1.54) is 11.2 Å². The molecule has 4 heterocycles. The van der Waals surface area contributed by atoms with E-state index in [1.54, 1.807) is 0 Å². The number of hydrogen-bond donors (Lipinski definition) is 2. The fourth-order valence-electron chi connectivity index (χ4n) is 5.68. The van der Waals surface area contributed by atoms with Gasteiger partial charge in [0, 0.05) is 37.8 Å². The van der Waals surface area contributed by atoms with Gasteiger partial charge in [-0.15, -0.1) is 0 Å². The second-order valence-electron chi connectivity index (χ2n) is 9.96. The number of likely N-dealkylation sites (tertiary alicyclic amines) is 2. The molecule has 2 fully saturated rings. The van der Waals surface area contributed by atoms with Crippen molar-refractivity contribution in [3.8, 4) is 22.8 Å². The Bertz CT molecular complexity index is 1410. The van der Waals surface area contributed by atoms with Crippen LogP contribution in [0.4, 0.5) is 10.6 Å². The number of aromatic nitrogens is 4. The standard InChI is InChI=1S/C28H31N7O3/c29-26-24-25(19-6-8-23(9-7-19)38-22-4-2-1-3-5-22)32-35(27(24)31-18-30-26)21-12-14-33(15-13-21)20-10-16-34(17-11-20)28(36)37/h1-9,18,20-21H,10-17H2,(H,36,37)(H2,29,30,31). The monoisotopic (exact) mass is 513 g/mol. The molecule has 4 aromatic rings. The van der Waals surface area contributed by atoms with E-state index in [1.807, 2.05) is 59.3 Å². The molecule has 196 valence electrons. The zero-order valence-corrected chi connectivity index (χ0v) is 21.1. The molecule has 0 saturated carbocycles. The Hall–Kier alpha value is -4.18. The maximum absolute atomic E-state index is 11.2. The van der Waals surface area contributed by atoms with E-state index < -0.39 is 6.09 Å². The molecule has 3 N–H and O–H groups in total. The molecule has 10 heteroatoms. The Kier molecular flexibility index (Phi) is 6.55. The van der Waals surface area contributed by atoms with Gasteiger partial charge in [0.2, 0.25) is 0 Å². The summed E-state index contributed by atoms with van der Waals surface area (Å²) in [6, 6.07) is 18.2. The quantitative estimate of drug-likeness (QED) is 0.395. The molecule has 2 aliphatic heterocycles. The van der Waals surface area contributed by atoms with Gasteiger partial charge < -0.3 is 25.4 Å². The van der Waals surface area contributed by atoms with Gasteiger partial charge in [-0.1, -0.05) is 18.2 Å². The average molecular weight is 514 g/mol. The van der Waals surface area contributed by atoms with Crippen LogP contribution in [0.15, 0.2) is 60.9 Å². The number of amides is 1. The van der Waals surface area contributed by atoms with Gasteiger partial charge >= 0.3 is 6.09 Å². The molecule has 0 radical (unpaired) electrons. The van der Waals surface area contributed by atoms with Gasteiger partial charge in [-0.3, -0.25) is 0 Å². The van der Waals surface area contributed by atoms with Crippen LogP contribution in [-0.2, 0) is 0 Å². The highest BCUT2D eigenvalue weighted by Crippen LogP contribution is 2.35. The topological polar surface area (TPSA) is 123 Å². The van der Waals surface area contributed by atoms with Crippen LogP contribution in [-0.4, -0.2) is 73.0 Å². The van der Waals surface area contributed by atoms with Crippen molar-refractivity contribution in [1.29, 1.82) is 0 Å². The number of nitrogens with two attached hydrogens (primary N) is 1. The van der Waals surface area contributed by atoms with Gasteiger partial charge in [-0.25, -0.2) is 19.4 Å². The average Bonchev–Trinajstić information content (AvgIpc) is 3.35. The number of anilines is 1. The van der Waals surface area contributed by atoms with Crippen molar-refractivity contribution in [3.05, 3.63) is 60.9 Å². The SMILES string of the molecule is Nc1ncnc2c1c(-c1ccc(Oc3ccccc3)cc1)nn2C1CCN(C2CCN(C(=O)O)CC2)CC1. The highest BCUT2D eigenvalue weighted by atomic mass is 16.5. The van der Waals surface area contributed by atoms with E-state index in [9.17, 15) is 9.90 Å². The van der Waals surface area contributed by atoms with E-state index in [0.29, 0.717) is 24.9 Å². The molecule has 2 aliphatic rings. The third-order valence-electron chi connectivity index (χ3n) is 7.72. The number of fused-ring (bicyclic) bond motifs is 1. The van der Waals surface area contributed by atoms with Crippen LogP contribution in [0.5, 0.6) is 11.5 Å². The maximum atomic E-state index is 11.2. The van der Waals surface area contributed by atoms with Crippen LogP contribution < -0.4 is 10.5 Å². The van der Waals surface area contributed by atoms with Crippen LogP contribution in [0.2, 0.25) is 0 Å². The molecule has 0 aliphatic carbocycles. The second-order valence-corrected chi connectivity index (χ2v) is 9.96. The molecular formula is C28H31N7O3. The number of benzene rings is 2.